The van der Waals surface area contributed by atoms with Gasteiger partial charge in [0.15, 0.2) is 0 Å². The molecule has 1 N–H and O–H groups in total. The lowest BCUT2D eigenvalue weighted by molar-refractivity contribution is 0.151. The number of ether oxygens (including phenoxy) is 1. The van der Waals surface area contributed by atoms with Crippen molar-refractivity contribution in [3.63, 3.8) is 0 Å². The number of hydrogen-bond donors (Lipinski definition) is 1. The Hall–Kier alpha value is -0.970. The molecule has 2 saturated heterocycles. The van der Waals surface area contributed by atoms with E-state index in [4.69, 9.17) is 9.72 Å². The molecule has 2 aliphatic rings. The summed E-state index contributed by atoms with van der Waals surface area (Å²) < 4.78 is 5.58. The molecule has 22 heavy (non-hydrogen) atoms. The predicted octanol–water partition coefficient (Wildman–Crippen LogP) is 2.67. The molecule has 4 heteroatoms. The Bertz CT molecular complexity index is 498. The fourth-order valence-electron chi connectivity index (χ4n) is 3.63. The molecular formula is C18H28N2O2. The van der Waals surface area contributed by atoms with Gasteiger partial charge in [-0.15, -0.1) is 0 Å². The summed E-state index contributed by atoms with van der Waals surface area (Å²) in [5.74, 6) is 0.929. The van der Waals surface area contributed by atoms with Crippen molar-refractivity contribution in [2.45, 2.75) is 57.5 Å². The normalized spacial score (nSPS) is 26.2. The Balaban J connectivity index is 1.86. The van der Waals surface area contributed by atoms with Crippen LogP contribution in [0.3, 0.4) is 0 Å². The van der Waals surface area contributed by atoms with Crippen LogP contribution in [0.5, 0.6) is 0 Å². The highest BCUT2D eigenvalue weighted by molar-refractivity contribution is 5.29. The second kappa shape index (κ2) is 7.07. The van der Waals surface area contributed by atoms with Gasteiger partial charge in [-0.25, -0.2) is 0 Å². The highest BCUT2D eigenvalue weighted by atomic mass is 16.5. The van der Waals surface area contributed by atoms with E-state index in [1.165, 1.54) is 17.7 Å². The lowest BCUT2D eigenvalue weighted by Crippen LogP contribution is -2.32. The van der Waals surface area contributed by atoms with Crippen molar-refractivity contribution in [2.24, 2.45) is 0 Å². The molecule has 0 amide bonds. The summed E-state index contributed by atoms with van der Waals surface area (Å²) in [5, 5.41) is 9.56. The number of aromatic nitrogens is 1. The van der Waals surface area contributed by atoms with E-state index in [1.807, 2.05) is 0 Å². The minimum Gasteiger partial charge on any atom is -0.395 e. The van der Waals surface area contributed by atoms with Gasteiger partial charge >= 0.3 is 0 Å². The smallest absolute Gasteiger partial charge is 0.0587 e. The minimum absolute atomic E-state index is 0.256. The Morgan fingerprint density at radius 2 is 2.23 bits per heavy atom. The molecule has 0 aliphatic carbocycles. The van der Waals surface area contributed by atoms with E-state index < -0.39 is 0 Å². The molecule has 1 aromatic heterocycles. The predicted molar refractivity (Wildman–Crippen MR) is 87.0 cm³/mol. The van der Waals surface area contributed by atoms with Gasteiger partial charge in [-0.3, -0.25) is 9.88 Å². The van der Waals surface area contributed by atoms with Crippen molar-refractivity contribution in [2.75, 3.05) is 26.4 Å². The van der Waals surface area contributed by atoms with Gasteiger partial charge in [0.25, 0.3) is 0 Å². The Labute approximate surface area is 133 Å². The molecule has 2 fully saturated rings. The summed E-state index contributed by atoms with van der Waals surface area (Å²) in [5.41, 5.74) is 3.71. The fraction of sp³-hybridized carbons (Fsp3) is 0.722. The third kappa shape index (κ3) is 3.34. The molecule has 0 spiro atoms. The first-order valence-electron chi connectivity index (χ1n) is 8.61. The van der Waals surface area contributed by atoms with Gasteiger partial charge in [-0.05, 0) is 43.4 Å². The number of rotatable bonds is 5. The molecule has 0 unspecified atom stereocenters. The maximum atomic E-state index is 9.56. The quantitative estimate of drug-likeness (QED) is 0.908. The second-order valence-corrected chi connectivity index (χ2v) is 6.94. The number of aliphatic hydroxyl groups excluding tert-OH is 1. The summed E-state index contributed by atoms with van der Waals surface area (Å²) in [6.45, 7) is 8.24. The van der Waals surface area contributed by atoms with E-state index in [2.05, 4.69) is 30.9 Å². The highest BCUT2D eigenvalue weighted by Crippen LogP contribution is 2.30. The second-order valence-electron chi connectivity index (χ2n) is 6.94. The van der Waals surface area contributed by atoms with Crippen LogP contribution in [0.4, 0.5) is 0 Å². The number of nitrogens with zero attached hydrogens (tertiary/aromatic N) is 2. The van der Waals surface area contributed by atoms with Crippen LogP contribution < -0.4 is 0 Å². The zero-order valence-electron chi connectivity index (χ0n) is 13.8. The van der Waals surface area contributed by atoms with Gasteiger partial charge in [-0.1, -0.05) is 19.9 Å². The minimum atomic E-state index is 0.256. The van der Waals surface area contributed by atoms with Gasteiger partial charge in [-0.2, -0.15) is 0 Å². The zero-order valence-corrected chi connectivity index (χ0v) is 13.8. The van der Waals surface area contributed by atoms with Crippen molar-refractivity contribution in [1.82, 2.24) is 9.88 Å². The molecule has 3 rings (SSSR count). The van der Waals surface area contributed by atoms with Gasteiger partial charge in [0.05, 0.1) is 18.9 Å². The Morgan fingerprint density at radius 3 is 2.91 bits per heavy atom. The molecular weight excluding hydrogens is 276 g/mol. The van der Waals surface area contributed by atoms with E-state index in [1.54, 1.807) is 0 Å². The van der Waals surface area contributed by atoms with Crippen LogP contribution in [0.15, 0.2) is 12.1 Å². The van der Waals surface area contributed by atoms with Gasteiger partial charge < -0.3 is 9.84 Å². The third-order valence-electron chi connectivity index (χ3n) is 5.05. The van der Waals surface area contributed by atoms with E-state index >= 15 is 0 Å². The number of hydrogen-bond acceptors (Lipinski definition) is 4. The van der Waals surface area contributed by atoms with Crippen molar-refractivity contribution in [1.29, 1.82) is 0 Å². The average Bonchev–Trinajstić information content (AvgIpc) is 3.18. The summed E-state index contributed by atoms with van der Waals surface area (Å²) in [6.07, 6.45) is 3.37. The fourth-order valence-corrected chi connectivity index (χ4v) is 3.63. The lowest BCUT2D eigenvalue weighted by Gasteiger charge is -2.25. The molecule has 3 heterocycles. The maximum Gasteiger partial charge on any atom is 0.0587 e. The largest absolute Gasteiger partial charge is 0.395 e. The first-order chi connectivity index (χ1) is 10.7. The number of aliphatic hydroxyl groups is 1. The summed E-state index contributed by atoms with van der Waals surface area (Å²) in [4.78, 5) is 7.36. The molecule has 2 aliphatic heterocycles. The van der Waals surface area contributed by atoms with Crippen molar-refractivity contribution < 1.29 is 9.84 Å². The molecule has 0 aromatic carbocycles. The Kier molecular flexibility index (Phi) is 5.11. The van der Waals surface area contributed by atoms with Gasteiger partial charge in [0, 0.05) is 30.8 Å². The summed E-state index contributed by atoms with van der Waals surface area (Å²) >= 11 is 0. The first-order valence-corrected chi connectivity index (χ1v) is 8.61. The van der Waals surface area contributed by atoms with Crippen LogP contribution >= 0.6 is 0 Å². The molecule has 0 radical (unpaired) electrons. The summed E-state index contributed by atoms with van der Waals surface area (Å²) in [7, 11) is 0. The maximum absolute atomic E-state index is 9.56. The van der Waals surface area contributed by atoms with Crippen molar-refractivity contribution >= 4 is 0 Å². The third-order valence-corrected chi connectivity index (χ3v) is 5.05. The van der Waals surface area contributed by atoms with Crippen molar-refractivity contribution in [3.8, 4) is 0 Å². The SMILES string of the molecule is CC(C)c1ccc([C@H]2CCOC2)c(CN2CCC[C@@H]2CO)n1. The van der Waals surface area contributed by atoms with Crippen LogP contribution in [0.25, 0.3) is 0 Å². The zero-order chi connectivity index (χ0) is 15.5. The summed E-state index contributed by atoms with van der Waals surface area (Å²) in [6, 6.07) is 4.74. The first kappa shape index (κ1) is 15.9. The van der Waals surface area contributed by atoms with Crippen LogP contribution in [0.1, 0.15) is 61.9 Å². The van der Waals surface area contributed by atoms with E-state index in [0.717, 1.165) is 44.8 Å². The molecule has 4 nitrogen and oxygen atoms in total. The van der Waals surface area contributed by atoms with Crippen LogP contribution in [-0.2, 0) is 11.3 Å². The lowest BCUT2D eigenvalue weighted by atomic mass is 9.95. The molecule has 0 saturated carbocycles. The molecule has 122 valence electrons. The van der Waals surface area contributed by atoms with Gasteiger partial charge in [0.2, 0.25) is 0 Å². The van der Waals surface area contributed by atoms with Crippen LogP contribution in [0, 0.1) is 0 Å². The standard InChI is InChI=1S/C18H28N2O2/c1-13(2)17-6-5-16(14-7-9-22-12-14)18(19-17)10-20-8-3-4-15(20)11-21/h5-6,13-15,21H,3-4,7-12H2,1-2H3/t14-,15+/m0/s1. The van der Waals surface area contributed by atoms with Crippen LogP contribution in [-0.4, -0.2) is 47.4 Å². The van der Waals surface area contributed by atoms with Crippen molar-refractivity contribution in [3.05, 3.63) is 29.1 Å². The number of pyridine rings is 1. The van der Waals surface area contributed by atoms with Gasteiger partial charge in [0.1, 0.15) is 0 Å². The topological polar surface area (TPSA) is 45.6 Å². The molecule has 0 bridgehead atoms. The van der Waals surface area contributed by atoms with E-state index in [-0.39, 0.29) is 6.61 Å². The Morgan fingerprint density at radius 1 is 1.36 bits per heavy atom. The monoisotopic (exact) mass is 304 g/mol. The number of likely N-dealkylation sites (tertiary alicyclic amines) is 1. The average molecular weight is 304 g/mol. The highest BCUT2D eigenvalue weighted by Gasteiger charge is 2.27. The van der Waals surface area contributed by atoms with Crippen LogP contribution in [0.2, 0.25) is 0 Å². The van der Waals surface area contributed by atoms with E-state index in [0.29, 0.717) is 17.9 Å². The molecule has 1 aromatic rings. The molecule has 2 atom stereocenters. The van der Waals surface area contributed by atoms with E-state index in [9.17, 15) is 5.11 Å².